The van der Waals surface area contributed by atoms with Gasteiger partial charge in [0.1, 0.15) is 5.52 Å². The number of para-hydroxylation sites is 1. The van der Waals surface area contributed by atoms with Crippen molar-refractivity contribution >= 4 is 33.1 Å². The second-order valence-electron chi connectivity index (χ2n) is 5.31. The van der Waals surface area contributed by atoms with Gasteiger partial charge in [0.2, 0.25) is 0 Å². The molecule has 0 spiro atoms. The monoisotopic (exact) mass is 383 g/mol. The highest BCUT2D eigenvalue weighted by molar-refractivity contribution is 7.87. The number of benzene rings is 2. The molecule has 0 radical (unpaired) electrons. The fourth-order valence-corrected chi connectivity index (χ4v) is 2.71. The van der Waals surface area contributed by atoms with Crippen LogP contribution in [0.1, 0.15) is 11.1 Å². The van der Waals surface area contributed by atoms with Crippen molar-refractivity contribution in [2.24, 2.45) is 0 Å². The summed E-state index contributed by atoms with van der Waals surface area (Å²) in [5.41, 5.74) is -3.88. The Kier molecular flexibility index (Phi) is 4.45. The number of halogens is 3. The maximum atomic E-state index is 12.8. The zero-order valence-corrected chi connectivity index (χ0v) is 14.1. The van der Waals surface area contributed by atoms with Crippen LogP contribution in [-0.4, -0.2) is 28.9 Å². The molecule has 0 N–H and O–H groups in total. The highest BCUT2D eigenvalue weighted by atomic mass is 32.2. The molecule has 0 unspecified atom stereocenters. The van der Waals surface area contributed by atoms with Gasteiger partial charge in [-0.25, -0.2) is 4.68 Å². The van der Waals surface area contributed by atoms with Gasteiger partial charge in [0.25, 0.3) is 0 Å². The van der Waals surface area contributed by atoms with Gasteiger partial charge in [0.05, 0.1) is 11.7 Å². The van der Waals surface area contributed by atoms with Crippen molar-refractivity contribution in [2.45, 2.75) is 12.4 Å². The Bertz CT molecular complexity index is 1090. The summed E-state index contributed by atoms with van der Waals surface area (Å²) in [5.74, 6) is -0.518. The molecule has 0 aliphatic carbocycles. The van der Waals surface area contributed by atoms with E-state index < -0.39 is 21.4 Å². The van der Waals surface area contributed by atoms with E-state index in [0.717, 1.165) is 10.9 Å². The van der Waals surface area contributed by atoms with Crippen molar-refractivity contribution in [1.29, 1.82) is 0 Å². The number of rotatable bonds is 4. The van der Waals surface area contributed by atoms with Crippen LogP contribution in [0.2, 0.25) is 0 Å². The molecular weight excluding hydrogens is 371 g/mol. The Labute approximate surface area is 146 Å². The summed E-state index contributed by atoms with van der Waals surface area (Å²) in [7, 11) is -5.85. The Morgan fingerprint density at radius 3 is 2.46 bits per heavy atom. The van der Waals surface area contributed by atoms with Gasteiger partial charge in [-0.3, -0.25) is 0 Å². The Morgan fingerprint density at radius 1 is 1.12 bits per heavy atom. The maximum absolute atomic E-state index is 12.8. The van der Waals surface area contributed by atoms with Gasteiger partial charge in [-0.15, -0.1) is 5.10 Å². The van der Waals surface area contributed by atoms with Crippen LogP contribution in [0, 0.1) is 6.92 Å². The molecule has 6 nitrogen and oxygen atoms in total. The molecule has 0 saturated carbocycles. The van der Waals surface area contributed by atoms with E-state index in [1.807, 2.05) is 0 Å². The quantitative estimate of drug-likeness (QED) is 0.391. The molecule has 0 amide bonds. The van der Waals surface area contributed by atoms with E-state index in [4.69, 9.17) is 0 Å². The van der Waals surface area contributed by atoms with Gasteiger partial charge in [-0.2, -0.15) is 21.6 Å². The Balaban J connectivity index is 2.17. The standard InChI is InChI=1S/C16H12F3N3O3S/c1-11-6-2-3-7-12(11)15(25-26(23,24)16(17,18)19)10-22-14-9-5-4-8-13(14)20-21-22/h2-10H,1H3/b15-10-. The van der Waals surface area contributed by atoms with Crippen LogP contribution in [0.25, 0.3) is 23.0 Å². The van der Waals surface area contributed by atoms with Crippen molar-refractivity contribution in [3.63, 3.8) is 0 Å². The first-order chi connectivity index (χ1) is 12.2. The lowest BCUT2D eigenvalue weighted by Crippen LogP contribution is -2.25. The van der Waals surface area contributed by atoms with E-state index in [1.165, 1.54) is 6.07 Å². The van der Waals surface area contributed by atoms with Crippen LogP contribution in [0.5, 0.6) is 0 Å². The van der Waals surface area contributed by atoms with E-state index in [2.05, 4.69) is 14.5 Å². The van der Waals surface area contributed by atoms with E-state index in [1.54, 1.807) is 49.4 Å². The SMILES string of the molecule is Cc1ccccc1/C(=C/n1nnc2ccccc21)OS(=O)(=O)C(F)(F)F. The average Bonchev–Trinajstić information content (AvgIpc) is 2.97. The number of aromatic nitrogens is 3. The lowest BCUT2D eigenvalue weighted by atomic mass is 10.1. The minimum atomic E-state index is -5.85. The number of hydrogen-bond donors (Lipinski definition) is 0. The molecule has 0 fully saturated rings. The fourth-order valence-electron chi connectivity index (χ4n) is 2.24. The summed E-state index contributed by atoms with van der Waals surface area (Å²) in [4.78, 5) is 0. The van der Waals surface area contributed by atoms with Crippen molar-refractivity contribution in [3.05, 3.63) is 59.7 Å². The van der Waals surface area contributed by atoms with E-state index >= 15 is 0 Å². The minimum Gasteiger partial charge on any atom is -0.374 e. The number of nitrogens with zero attached hydrogens (tertiary/aromatic N) is 3. The van der Waals surface area contributed by atoms with Crippen LogP contribution in [0.15, 0.2) is 48.5 Å². The molecule has 0 bridgehead atoms. The minimum absolute atomic E-state index is 0.180. The third kappa shape index (κ3) is 3.40. The highest BCUT2D eigenvalue weighted by Crippen LogP contribution is 2.31. The van der Waals surface area contributed by atoms with Gasteiger partial charge >= 0.3 is 15.6 Å². The summed E-state index contributed by atoms with van der Waals surface area (Å²) in [6, 6.07) is 13.0. The van der Waals surface area contributed by atoms with Crippen molar-refractivity contribution in [3.8, 4) is 0 Å². The molecule has 10 heteroatoms. The molecule has 2 aromatic carbocycles. The molecule has 0 atom stereocenters. The molecular formula is C16H12F3N3O3S. The Morgan fingerprint density at radius 2 is 1.77 bits per heavy atom. The zero-order chi connectivity index (χ0) is 18.9. The zero-order valence-electron chi connectivity index (χ0n) is 13.3. The largest absolute Gasteiger partial charge is 0.534 e. The fraction of sp³-hybridized carbons (Fsp3) is 0.125. The van der Waals surface area contributed by atoms with Crippen LogP contribution in [-0.2, 0) is 14.3 Å². The summed E-state index contributed by atoms with van der Waals surface area (Å²) in [6.45, 7) is 1.62. The first-order valence-electron chi connectivity index (χ1n) is 7.27. The second kappa shape index (κ2) is 6.45. The normalized spacial score (nSPS) is 13.2. The number of fused-ring (bicyclic) bond motifs is 1. The van der Waals surface area contributed by atoms with Gasteiger partial charge in [0.15, 0.2) is 5.76 Å². The molecule has 0 saturated heterocycles. The molecule has 3 rings (SSSR count). The predicted octanol–water partition coefficient (Wildman–Crippen LogP) is 3.56. The molecule has 1 aromatic heterocycles. The topological polar surface area (TPSA) is 74.1 Å². The number of hydrogen-bond acceptors (Lipinski definition) is 5. The molecule has 0 aliphatic rings. The van der Waals surface area contributed by atoms with Gasteiger partial charge in [-0.1, -0.05) is 41.6 Å². The van der Waals surface area contributed by atoms with Gasteiger partial charge in [0, 0.05) is 5.56 Å². The van der Waals surface area contributed by atoms with Crippen LogP contribution in [0.3, 0.4) is 0 Å². The van der Waals surface area contributed by atoms with Crippen LogP contribution in [0.4, 0.5) is 13.2 Å². The highest BCUT2D eigenvalue weighted by Gasteiger charge is 2.49. The van der Waals surface area contributed by atoms with Gasteiger partial charge in [-0.05, 0) is 24.6 Å². The first kappa shape index (κ1) is 17.9. The van der Waals surface area contributed by atoms with E-state index in [-0.39, 0.29) is 5.56 Å². The number of aryl methyl sites for hydroxylation is 1. The third-order valence-electron chi connectivity index (χ3n) is 3.51. The van der Waals surface area contributed by atoms with E-state index in [0.29, 0.717) is 16.6 Å². The van der Waals surface area contributed by atoms with Crippen molar-refractivity contribution in [2.75, 3.05) is 0 Å². The van der Waals surface area contributed by atoms with Crippen molar-refractivity contribution < 1.29 is 25.8 Å². The van der Waals surface area contributed by atoms with Crippen molar-refractivity contribution in [1.82, 2.24) is 15.0 Å². The Hall–Kier alpha value is -2.88. The molecule has 0 aliphatic heterocycles. The predicted molar refractivity (Wildman–Crippen MR) is 88.9 cm³/mol. The summed E-state index contributed by atoms with van der Waals surface area (Å²) >= 11 is 0. The second-order valence-corrected chi connectivity index (χ2v) is 6.85. The summed E-state index contributed by atoms with van der Waals surface area (Å²) in [6.07, 6.45) is 1.06. The van der Waals surface area contributed by atoms with Crippen LogP contribution >= 0.6 is 0 Å². The first-order valence-corrected chi connectivity index (χ1v) is 8.68. The van der Waals surface area contributed by atoms with Crippen LogP contribution < -0.4 is 0 Å². The third-order valence-corrected chi connectivity index (χ3v) is 4.48. The molecule has 3 aromatic rings. The average molecular weight is 383 g/mol. The van der Waals surface area contributed by atoms with Gasteiger partial charge < -0.3 is 4.18 Å². The summed E-state index contributed by atoms with van der Waals surface area (Å²) in [5, 5.41) is 7.69. The smallest absolute Gasteiger partial charge is 0.374 e. The lowest BCUT2D eigenvalue weighted by molar-refractivity contribution is -0.0509. The lowest BCUT2D eigenvalue weighted by Gasteiger charge is -2.14. The number of alkyl halides is 3. The molecule has 136 valence electrons. The maximum Gasteiger partial charge on any atom is 0.534 e. The molecule has 26 heavy (non-hydrogen) atoms. The molecule has 1 heterocycles. The summed E-state index contributed by atoms with van der Waals surface area (Å²) < 4.78 is 66.9. The van der Waals surface area contributed by atoms with E-state index in [9.17, 15) is 21.6 Å².